The maximum Gasteiger partial charge on any atom is 0.327 e. The van der Waals surface area contributed by atoms with Crippen LogP contribution in [0.25, 0.3) is 0 Å². The van der Waals surface area contributed by atoms with Crippen molar-refractivity contribution < 1.29 is 24.3 Å². The average Bonchev–Trinajstić information content (AvgIpc) is 2.77. The number of nitrogens with two attached hydrogens (primary N) is 4. The number of rotatable bonds is 18. The van der Waals surface area contributed by atoms with Gasteiger partial charge in [0.1, 0.15) is 18.1 Å². The van der Waals surface area contributed by atoms with Crippen LogP contribution in [0.3, 0.4) is 0 Å². The Balaban J connectivity index is 5.32. The fraction of sp³-hybridized carbons (Fsp3) is 0.762. The van der Waals surface area contributed by atoms with E-state index in [4.69, 9.17) is 22.9 Å². The molecule has 0 bridgehead atoms. The summed E-state index contributed by atoms with van der Waals surface area (Å²) < 4.78 is 0. The first-order valence-corrected chi connectivity index (χ1v) is 12.3. The quantitative estimate of drug-likeness (QED) is 0.0421. The fourth-order valence-corrected chi connectivity index (χ4v) is 3.37. The highest BCUT2D eigenvalue weighted by Gasteiger charge is 2.30. The normalized spacial score (nSPS) is 14.3. The van der Waals surface area contributed by atoms with Crippen molar-refractivity contribution in [1.29, 1.82) is 0 Å². The van der Waals surface area contributed by atoms with Gasteiger partial charge in [0.25, 0.3) is 0 Å². The second-order valence-electron chi connectivity index (χ2n) is 8.67. The summed E-state index contributed by atoms with van der Waals surface area (Å²) in [6.45, 7) is 4.50. The molecule has 0 saturated heterocycles. The monoisotopic (exact) mass is 518 g/mol. The molecule has 0 aromatic heterocycles. The van der Waals surface area contributed by atoms with Crippen molar-refractivity contribution in [1.82, 2.24) is 16.0 Å². The van der Waals surface area contributed by atoms with Crippen LogP contribution in [0.15, 0.2) is 4.99 Å². The number of guanidine groups is 1. The number of carboxylic acid groups (broad SMARTS) is 1. The molecule has 0 saturated carbocycles. The summed E-state index contributed by atoms with van der Waals surface area (Å²) in [7, 11) is 0. The minimum Gasteiger partial charge on any atom is -0.480 e. The van der Waals surface area contributed by atoms with Gasteiger partial charge in [-0.15, -0.1) is 0 Å². The van der Waals surface area contributed by atoms with Gasteiger partial charge in [-0.2, -0.15) is 12.6 Å². The van der Waals surface area contributed by atoms with E-state index in [1.54, 1.807) is 0 Å². The van der Waals surface area contributed by atoms with E-state index in [2.05, 4.69) is 33.6 Å². The van der Waals surface area contributed by atoms with Crippen LogP contribution in [0.2, 0.25) is 0 Å². The number of carbonyl (C=O) groups excluding carboxylic acids is 3. The highest BCUT2D eigenvalue weighted by Crippen LogP contribution is 2.09. The summed E-state index contributed by atoms with van der Waals surface area (Å²) in [5.41, 5.74) is 22.0. The molecule has 12 N–H and O–H groups in total. The standard InChI is InChI=1S/C21H42N8O5S/c1-12(2)10-15(28-17(30)13(23)6-5-9-26-21(24)25)19(32)27-14(7-3-4-8-22)18(31)29-16(11-35)20(33)34/h12-16,35H,3-11,22-23H2,1-2H3,(H,27,32)(H,28,30)(H,29,31)(H,33,34)(H4,24,25,26). The molecule has 0 aromatic carbocycles. The summed E-state index contributed by atoms with van der Waals surface area (Å²) >= 11 is 3.94. The number of nitrogens with zero attached hydrogens (tertiary/aromatic N) is 1. The molecule has 202 valence electrons. The van der Waals surface area contributed by atoms with Crippen molar-refractivity contribution in [3.05, 3.63) is 0 Å². The number of carbonyl (C=O) groups is 4. The van der Waals surface area contributed by atoms with E-state index in [9.17, 15) is 24.3 Å². The molecule has 14 heteroatoms. The van der Waals surface area contributed by atoms with E-state index in [0.717, 1.165) is 0 Å². The summed E-state index contributed by atoms with van der Waals surface area (Å²) in [6.07, 6.45) is 2.50. The Hall–Kier alpha value is -2.58. The van der Waals surface area contributed by atoms with E-state index in [0.29, 0.717) is 45.2 Å². The van der Waals surface area contributed by atoms with Gasteiger partial charge in [-0.1, -0.05) is 13.8 Å². The molecule has 4 unspecified atom stereocenters. The Bertz CT molecular complexity index is 718. The zero-order valence-corrected chi connectivity index (χ0v) is 21.4. The molecule has 0 aliphatic carbocycles. The van der Waals surface area contributed by atoms with Gasteiger partial charge in [-0.25, -0.2) is 4.79 Å². The lowest BCUT2D eigenvalue weighted by molar-refractivity contribution is -0.141. The molecule has 4 atom stereocenters. The number of nitrogens with one attached hydrogen (secondary N) is 3. The maximum absolute atomic E-state index is 13.1. The fourth-order valence-electron chi connectivity index (χ4n) is 3.12. The van der Waals surface area contributed by atoms with Gasteiger partial charge < -0.3 is 44.0 Å². The van der Waals surface area contributed by atoms with Crippen molar-refractivity contribution in [3.8, 4) is 0 Å². The number of hydrogen-bond donors (Lipinski definition) is 9. The van der Waals surface area contributed by atoms with Crippen molar-refractivity contribution in [2.75, 3.05) is 18.8 Å². The molecule has 0 aliphatic rings. The number of aliphatic imine (C=N–C) groups is 1. The molecular formula is C21H42N8O5S. The molecule has 0 aromatic rings. The lowest BCUT2D eigenvalue weighted by Crippen LogP contribution is -2.57. The van der Waals surface area contributed by atoms with Crippen LogP contribution in [-0.4, -0.2) is 77.8 Å². The van der Waals surface area contributed by atoms with Gasteiger partial charge in [0.2, 0.25) is 17.7 Å². The van der Waals surface area contributed by atoms with Crippen LogP contribution >= 0.6 is 12.6 Å². The van der Waals surface area contributed by atoms with E-state index < -0.39 is 47.9 Å². The minimum absolute atomic E-state index is 0.0502. The third-order valence-corrected chi connectivity index (χ3v) is 5.39. The number of unbranched alkanes of at least 4 members (excludes halogenated alkanes) is 1. The Kier molecular flexibility index (Phi) is 16.5. The zero-order valence-electron chi connectivity index (χ0n) is 20.5. The highest BCUT2D eigenvalue weighted by molar-refractivity contribution is 7.80. The van der Waals surface area contributed by atoms with Crippen LogP contribution in [0, 0.1) is 5.92 Å². The first-order chi connectivity index (χ1) is 16.4. The Morgan fingerprint density at radius 1 is 0.886 bits per heavy atom. The summed E-state index contributed by atoms with van der Waals surface area (Å²) in [5, 5.41) is 16.9. The number of thiol groups is 1. The van der Waals surface area contributed by atoms with E-state index in [1.165, 1.54) is 0 Å². The van der Waals surface area contributed by atoms with Crippen molar-refractivity contribution in [3.63, 3.8) is 0 Å². The molecule has 0 fully saturated rings. The minimum atomic E-state index is -1.24. The van der Waals surface area contributed by atoms with E-state index in [1.807, 2.05) is 13.8 Å². The summed E-state index contributed by atoms with van der Waals surface area (Å²) in [6, 6.07) is -4.02. The summed E-state index contributed by atoms with van der Waals surface area (Å²) in [4.78, 5) is 53.5. The number of aliphatic carboxylic acids is 1. The molecule has 35 heavy (non-hydrogen) atoms. The Morgan fingerprint density at radius 3 is 1.97 bits per heavy atom. The molecular weight excluding hydrogens is 476 g/mol. The second kappa shape index (κ2) is 17.8. The number of carboxylic acids is 1. The van der Waals surface area contributed by atoms with Gasteiger partial charge in [-0.05, 0) is 51.0 Å². The van der Waals surface area contributed by atoms with Gasteiger partial charge >= 0.3 is 5.97 Å². The molecule has 0 radical (unpaired) electrons. The van der Waals surface area contributed by atoms with Crippen LogP contribution in [0.1, 0.15) is 52.4 Å². The van der Waals surface area contributed by atoms with Gasteiger partial charge in [0, 0.05) is 12.3 Å². The molecule has 0 aliphatic heterocycles. The SMILES string of the molecule is CC(C)CC(NC(=O)C(N)CCCN=C(N)N)C(=O)NC(CCCCN)C(=O)NC(CS)C(=O)O. The van der Waals surface area contributed by atoms with Crippen molar-refractivity contribution >= 4 is 42.3 Å². The topological polar surface area (TPSA) is 241 Å². The largest absolute Gasteiger partial charge is 0.480 e. The molecule has 3 amide bonds. The molecule has 0 heterocycles. The summed E-state index contributed by atoms with van der Waals surface area (Å²) in [5.74, 6) is -3.08. The van der Waals surface area contributed by atoms with Crippen LogP contribution in [-0.2, 0) is 19.2 Å². The lowest BCUT2D eigenvalue weighted by atomic mass is 10.0. The third-order valence-electron chi connectivity index (χ3n) is 5.02. The smallest absolute Gasteiger partial charge is 0.327 e. The number of amides is 3. The van der Waals surface area contributed by atoms with Crippen molar-refractivity contribution in [2.45, 2.75) is 76.5 Å². The van der Waals surface area contributed by atoms with Gasteiger partial charge in [0.15, 0.2) is 5.96 Å². The first-order valence-electron chi connectivity index (χ1n) is 11.7. The molecule has 0 spiro atoms. The van der Waals surface area contributed by atoms with Crippen LogP contribution in [0.4, 0.5) is 0 Å². The predicted molar refractivity (Wildman–Crippen MR) is 138 cm³/mol. The predicted octanol–water partition coefficient (Wildman–Crippen LogP) is -1.99. The van der Waals surface area contributed by atoms with Gasteiger partial charge in [0.05, 0.1) is 6.04 Å². The Morgan fingerprint density at radius 2 is 1.46 bits per heavy atom. The maximum atomic E-state index is 13.1. The lowest BCUT2D eigenvalue weighted by Gasteiger charge is -2.26. The van der Waals surface area contributed by atoms with E-state index >= 15 is 0 Å². The average molecular weight is 519 g/mol. The third kappa shape index (κ3) is 14.4. The highest BCUT2D eigenvalue weighted by atomic mass is 32.1. The van der Waals surface area contributed by atoms with Crippen molar-refractivity contribution in [2.24, 2.45) is 33.8 Å². The van der Waals surface area contributed by atoms with E-state index in [-0.39, 0.29) is 24.1 Å². The van der Waals surface area contributed by atoms with Crippen LogP contribution < -0.4 is 38.9 Å². The Labute approximate surface area is 212 Å². The van der Waals surface area contributed by atoms with Gasteiger partial charge in [-0.3, -0.25) is 19.4 Å². The first kappa shape index (κ1) is 32.4. The second-order valence-corrected chi connectivity index (χ2v) is 9.04. The number of hydrogen-bond acceptors (Lipinski definition) is 8. The molecule has 0 rings (SSSR count). The van der Waals surface area contributed by atoms with Crippen LogP contribution in [0.5, 0.6) is 0 Å². The molecule has 13 nitrogen and oxygen atoms in total. The zero-order chi connectivity index (χ0) is 27.0.